The highest BCUT2D eigenvalue weighted by Crippen LogP contribution is 2.24. The van der Waals surface area contributed by atoms with Gasteiger partial charge in [-0.05, 0) is 43.7 Å². The molecule has 2 amide bonds. The Hall–Kier alpha value is -2.37. The number of carboxylic acids is 1. The minimum Gasteiger partial charge on any atom is -0.481 e. The molecule has 0 spiro atoms. The van der Waals surface area contributed by atoms with Crippen molar-refractivity contribution < 1.29 is 19.5 Å². The molecule has 0 bridgehead atoms. The Morgan fingerprint density at radius 3 is 2.27 bits per heavy atom. The molecule has 2 rings (SSSR count). The summed E-state index contributed by atoms with van der Waals surface area (Å²) in [4.78, 5) is 36.2. The van der Waals surface area contributed by atoms with Crippen molar-refractivity contribution in [3.63, 3.8) is 0 Å². The van der Waals surface area contributed by atoms with Crippen molar-refractivity contribution in [2.24, 2.45) is 11.8 Å². The van der Waals surface area contributed by atoms with Crippen molar-refractivity contribution in [3.05, 3.63) is 35.9 Å². The molecule has 6 heteroatoms. The summed E-state index contributed by atoms with van der Waals surface area (Å²) in [6, 6.07) is 8.20. The molecule has 1 aliphatic rings. The summed E-state index contributed by atoms with van der Waals surface area (Å²) in [6.45, 7) is 3.93. The van der Waals surface area contributed by atoms with Gasteiger partial charge in [-0.3, -0.25) is 14.4 Å². The number of carboxylic acid groups (broad SMARTS) is 1. The fourth-order valence-corrected chi connectivity index (χ4v) is 3.29. The summed E-state index contributed by atoms with van der Waals surface area (Å²) in [5, 5.41) is 14.9. The molecule has 2 atom stereocenters. The standard InChI is InChI=1S/C20H28N2O4/c1-3-13(2)17(22-18(23)14-7-5-4-6-8-14)19(24)21-16-11-9-15(10-12-16)20(25)26/h4-8,13,15-17H,3,9-12H2,1-2H3,(H,21,24)(H,22,23)(H,25,26). The van der Waals surface area contributed by atoms with Gasteiger partial charge >= 0.3 is 5.97 Å². The lowest BCUT2D eigenvalue weighted by Gasteiger charge is -2.30. The average molecular weight is 360 g/mol. The molecule has 0 aliphatic heterocycles. The van der Waals surface area contributed by atoms with Crippen LogP contribution in [0.25, 0.3) is 0 Å². The van der Waals surface area contributed by atoms with Crippen LogP contribution in [-0.2, 0) is 9.59 Å². The Balaban J connectivity index is 1.97. The van der Waals surface area contributed by atoms with Crippen LogP contribution < -0.4 is 10.6 Å². The van der Waals surface area contributed by atoms with Gasteiger partial charge in [-0.2, -0.15) is 0 Å². The molecular weight excluding hydrogens is 332 g/mol. The number of nitrogens with one attached hydrogen (secondary N) is 2. The third-order valence-electron chi connectivity index (χ3n) is 5.24. The Kier molecular flexibility index (Phi) is 7.18. The quantitative estimate of drug-likeness (QED) is 0.696. The van der Waals surface area contributed by atoms with E-state index in [1.54, 1.807) is 24.3 Å². The van der Waals surface area contributed by atoms with Crippen molar-refractivity contribution in [2.45, 2.75) is 58.0 Å². The Morgan fingerprint density at radius 2 is 1.73 bits per heavy atom. The fraction of sp³-hybridized carbons (Fsp3) is 0.550. The number of benzene rings is 1. The molecule has 1 aliphatic carbocycles. The van der Waals surface area contributed by atoms with Gasteiger partial charge in [0.1, 0.15) is 6.04 Å². The maximum absolute atomic E-state index is 12.8. The van der Waals surface area contributed by atoms with Gasteiger partial charge in [0, 0.05) is 11.6 Å². The topological polar surface area (TPSA) is 95.5 Å². The summed E-state index contributed by atoms with van der Waals surface area (Å²) in [6.07, 6.45) is 3.22. The van der Waals surface area contributed by atoms with E-state index in [0.717, 1.165) is 6.42 Å². The normalized spacial score (nSPS) is 22.1. The Labute approximate surface area is 154 Å². The van der Waals surface area contributed by atoms with E-state index in [-0.39, 0.29) is 29.7 Å². The van der Waals surface area contributed by atoms with E-state index in [1.807, 2.05) is 19.9 Å². The van der Waals surface area contributed by atoms with Gasteiger partial charge in [0.25, 0.3) is 5.91 Å². The molecule has 1 fully saturated rings. The number of amides is 2. The van der Waals surface area contributed by atoms with Gasteiger partial charge in [-0.1, -0.05) is 38.5 Å². The number of carbonyl (C=O) groups is 3. The summed E-state index contributed by atoms with van der Waals surface area (Å²) < 4.78 is 0. The molecule has 3 N–H and O–H groups in total. The van der Waals surface area contributed by atoms with Crippen LogP contribution in [0.1, 0.15) is 56.3 Å². The van der Waals surface area contributed by atoms with Gasteiger partial charge in [-0.25, -0.2) is 0 Å². The molecule has 0 heterocycles. The first kappa shape index (κ1) is 19.9. The lowest BCUT2D eigenvalue weighted by Crippen LogP contribution is -2.53. The first-order valence-corrected chi connectivity index (χ1v) is 9.31. The molecule has 1 saturated carbocycles. The van der Waals surface area contributed by atoms with E-state index in [0.29, 0.717) is 31.2 Å². The fourth-order valence-electron chi connectivity index (χ4n) is 3.29. The monoisotopic (exact) mass is 360 g/mol. The minimum absolute atomic E-state index is 0.00183. The second kappa shape index (κ2) is 9.36. The summed E-state index contributed by atoms with van der Waals surface area (Å²) in [5.74, 6) is -1.53. The van der Waals surface area contributed by atoms with Crippen LogP contribution in [0.4, 0.5) is 0 Å². The van der Waals surface area contributed by atoms with E-state index < -0.39 is 12.0 Å². The van der Waals surface area contributed by atoms with Crippen molar-refractivity contribution in [3.8, 4) is 0 Å². The number of hydrogen-bond donors (Lipinski definition) is 3. The largest absolute Gasteiger partial charge is 0.481 e. The van der Waals surface area contributed by atoms with Crippen LogP contribution >= 0.6 is 0 Å². The average Bonchev–Trinajstić information content (AvgIpc) is 2.66. The first-order valence-electron chi connectivity index (χ1n) is 9.31. The van der Waals surface area contributed by atoms with Gasteiger partial charge in [0.15, 0.2) is 0 Å². The van der Waals surface area contributed by atoms with Gasteiger partial charge in [-0.15, -0.1) is 0 Å². The highest BCUT2D eigenvalue weighted by Gasteiger charge is 2.31. The molecule has 0 saturated heterocycles. The van der Waals surface area contributed by atoms with Crippen LogP contribution in [0.2, 0.25) is 0 Å². The molecule has 1 aromatic rings. The second-order valence-corrected chi connectivity index (χ2v) is 7.10. The maximum Gasteiger partial charge on any atom is 0.306 e. The van der Waals surface area contributed by atoms with Crippen molar-refractivity contribution in [1.82, 2.24) is 10.6 Å². The van der Waals surface area contributed by atoms with E-state index in [1.165, 1.54) is 0 Å². The van der Waals surface area contributed by atoms with Crippen molar-refractivity contribution >= 4 is 17.8 Å². The van der Waals surface area contributed by atoms with Crippen LogP contribution in [0.3, 0.4) is 0 Å². The second-order valence-electron chi connectivity index (χ2n) is 7.10. The number of carbonyl (C=O) groups excluding carboxylic acids is 2. The lowest BCUT2D eigenvalue weighted by molar-refractivity contribution is -0.142. The molecule has 26 heavy (non-hydrogen) atoms. The zero-order valence-electron chi connectivity index (χ0n) is 15.4. The van der Waals surface area contributed by atoms with Crippen LogP contribution in [0, 0.1) is 11.8 Å². The van der Waals surface area contributed by atoms with Gasteiger partial charge in [0.05, 0.1) is 5.92 Å². The van der Waals surface area contributed by atoms with Crippen LogP contribution in [0.15, 0.2) is 30.3 Å². The number of rotatable bonds is 7. The first-order chi connectivity index (χ1) is 12.4. The van der Waals surface area contributed by atoms with E-state index in [4.69, 9.17) is 5.11 Å². The molecule has 6 nitrogen and oxygen atoms in total. The van der Waals surface area contributed by atoms with Gasteiger partial charge in [0.2, 0.25) is 5.91 Å². The highest BCUT2D eigenvalue weighted by molar-refractivity contribution is 5.97. The van der Waals surface area contributed by atoms with Crippen molar-refractivity contribution in [2.75, 3.05) is 0 Å². The number of hydrogen-bond acceptors (Lipinski definition) is 3. The third-order valence-corrected chi connectivity index (χ3v) is 5.24. The van der Waals surface area contributed by atoms with Crippen molar-refractivity contribution in [1.29, 1.82) is 0 Å². The van der Waals surface area contributed by atoms with Gasteiger partial charge < -0.3 is 15.7 Å². The summed E-state index contributed by atoms with van der Waals surface area (Å²) in [5.41, 5.74) is 0.524. The molecule has 1 aromatic carbocycles. The smallest absolute Gasteiger partial charge is 0.306 e. The zero-order chi connectivity index (χ0) is 19.1. The summed E-state index contributed by atoms with van der Waals surface area (Å²) in [7, 11) is 0. The molecule has 0 aromatic heterocycles. The SMILES string of the molecule is CCC(C)C(NC(=O)c1ccccc1)C(=O)NC1CCC(C(=O)O)CC1. The maximum atomic E-state index is 12.8. The molecule has 142 valence electrons. The zero-order valence-corrected chi connectivity index (χ0v) is 15.4. The molecular formula is C20H28N2O4. The Bertz CT molecular complexity index is 624. The molecule has 2 unspecified atom stereocenters. The Morgan fingerprint density at radius 1 is 1.12 bits per heavy atom. The van der Waals surface area contributed by atoms with E-state index in [2.05, 4.69) is 10.6 Å². The summed E-state index contributed by atoms with van der Waals surface area (Å²) >= 11 is 0. The number of aliphatic carboxylic acids is 1. The minimum atomic E-state index is -0.762. The van der Waals surface area contributed by atoms with E-state index >= 15 is 0 Å². The highest BCUT2D eigenvalue weighted by atomic mass is 16.4. The predicted octanol–water partition coefficient (Wildman–Crippen LogP) is 2.59. The third kappa shape index (κ3) is 5.31. The molecule has 0 radical (unpaired) electrons. The van der Waals surface area contributed by atoms with E-state index in [9.17, 15) is 14.4 Å². The predicted molar refractivity (Wildman–Crippen MR) is 98.7 cm³/mol. The lowest BCUT2D eigenvalue weighted by atomic mass is 9.86. The van der Waals surface area contributed by atoms with Crippen LogP contribution in [0.5, 0.6) is 0 Å². The van der Waals surface area contributed by atoms with Crippen LogP contribution in [-0.4, -0.2) is 35.0 Å².